The molecule has 34 heavy (non-hydrogen) atoms. The Morgan fingerprint density at radius 1 is 0.853 bits per heavy atom. The lowest BCUT2D eigenvalue weighted by Crippen LogP contribution is -2.39. The summed E-state index contributed by atoms with van der Waals surface area (Å²) >= 11 is 0. The molecule has 1 aliphatic heterocycles. The van der Waals surface area contributed by atoms with Crippen molar-refractivity contribution in [3.63, 3.8) is 0 Å². The van der Waals surface area contributed by atoms with Crippen LogP contribution in [0.3, 0.4) is 0 Å². The van der Waals surface area contributed by atoms with Crippen molar-refractivity contribution in [2.24, 2.45) is 5.92 Å². The van der Waals surface area contributed by atoms with Gasteiger partial charge in [0.1, 0.15) is 0 Å². The standard InChI is InChI=1S/C22H18F9NO2/c23-20(24,25)15-3-1-12(2-4-15)18-10-13(19(33)34)7-8-32(18)11-14-9-16(21(26,27)28)5-6-17(14)22(29,30)31/h1-6,9,13,18H,7-8,10-11H2,(H,33,34)/t13-,18+/m1/s1. The van der Waals surface area contributed by atoms with Crippen LogP contribution in [0, 0.1) is 5.92 Å². The molecule has 2 aromatic carbocycles. The fourth-order valence-corrected chi connectivity index (χ4v) is 4.06. The van der Waals surface area contributed by atoms with Gasteiger partial charge in [0.2, 0.25) is 0 Å². The van der Waals surface area contributed by atoms with Crippen molar-refractivity contribution < 1.29 is 49.4 Å². The average molecular weight is 499 g/mol. The first-order valence-electron chi connectivity index (χ1n) is 9.98. The molecule has 186 valence electrons. The molecule has 1 aliphatic rings. The molecule has 0 saturated carbocycles. The molecule has 0 aliphatic carbocycles. The van der Waals surface area contributed by atoms with Crippen molar-refractivity contribution in [1.82, 2.24) is 4.90 Å². The highest BCUT2D eigenvalue weighted by Crippen LogP contribution is 2.41. The van der Waals surface area contributed by atoms with Gasteiger partial charge in [-0.15, -0.1) is 0 Å². The van der Waals surface area contributed by atoms with Gasteiger partial charge in [0.25, 0.3) is 0 Å². The predicted octanol–water partition coefficient (Wildman–Crippen LogP) is 6.78. The van der Waals surface area contributed by atoms with Gasteiger partial charge in [-0.05, 0) is 60.8 Å². The molecule has 1 N–H and O–H groups in total. The second-order valence-electron chi connectivity index (χ2n) is 8.03. The number of carboxylic acids is 1. The summed E-state index contributed by atoms with van der Waals surface area (Å²) in [5.74, 6) is -2.08. The summed E-state index contributed by atoms with van der Waals surface area (Å²) in [6.45, 7) is -0.674. The lowest BCUT2D eigenvalue weighted by atomic mass is 9.86. The van der Waals surface area contributed by atoms with Crippen LogP contribution in [0.15, 0.2) is 42.5 Å². The fraction of sp³-hybridized carbons (Fsp3) is 0.409. The molecule has 0 aromatic heterocycles. The van der Waals surface area contributed by atoms with Gasteiger partial charge in [0.15, 0.2) is 0 Å². The van der Waals surface area contributed by atoms with Crippen LogP contribution < -0.4 is 0 Å². The van der Waals surface area contributed by atoms with Gasteiger partial charge in [-0.2, -0.15) is 39.5 Å². The first-order valence-corrected chi connectivity index (χ1v) is 9.98. The number of carbonyl (C=O) groups is 1. The van der Waals surface area contributed by atoms with Crippen molar-refractivity contribution in [3.8, 4) is 0 Å². The zero-order chi connectivity index (χ0) is 25.5. The van der Waals surface area contributed by atoms with E-state index in [4.69, 9.17) is 0 Å². The van der Waals surface area contributed by atoms with Gasteiger partial charge >= 0.3 is 24.5 Å². The van der Waals surface area contributed by atoms with Crippen LogP contribution >= 0.6 is 0 Å². The summed E-state index contributed by atoms with van der Waals surface area (Å²) < 4.78 is 119. The van der Waals surface area contributed by atoms with Crippen molar-refractivity contribution in [2.45, 2.75) is 44.0 Å². The predicted molar refractivity (Wildman–Crippen MR) is 101 cm³/mol. The van der Waals surface area contributed by atoms with Gasteiger partial charge < -0.3 is 5.11 Å². The maximum absolute atomic E-state index is 13.5. The Morgan fingerprint density at radius 3 is 1.91 bits per heavy atom. The summed E-state index contributed by atoms with van der Waals surface area (Å²) in [5, 5.41) is 9.37. The topological polar surface area (TPSA) is 40.5 Å². The molecule has 0 spiro atoms. The molecular weight excluding hydrogens is 481 g/mol. The minimum Gasteiger partial charge on any atom is -0.481 e. The van der Waals surface area contributed by atoms with E-state index < -0.39 is 65.3 Å². The molecule has 3 rings (SSSR count). The second kappa shape index (κ2) is 9.12. The van der Waals surface area contributed by atoms with E-state index in [1.807, 2.05) is 0 Å². The highest BCUT2D eigenvalue weighted by atomic mass is 19.4. The molecule has 3 nitrogen and oxygen atoms in total. The number of rotatable bonds is 4. The maximum Gasteiger partial charge on any atom is 0.416 e. The number of hydrogen-bond acceptors (Lipinski definition) is 2. The molecular formula is C22H18F9NO2. The van der Waals surface area contributed by atoms with E-state index in [2.05, 4.69) is 0 Å². The average Bonchev–Trinajstić information content (AvgIpc) is 2.72. The number of hydrogen-bond donors (Lipinski definition) is 1. The maximum atomic E-state index is 13.5. The molecule has 12 heteroatoms. The van der Waals surface area contributed by atoms with Crippen LogP contribution in [0.2, 0.25) is 0 Å². The molecule has 2 aromatic rings. The van der Waals surface area contributed by atoms with Crippen molar-refractivity contribution in [1.29, 1.82) is 0 Å². The minimum absolute atomic E-state index is 0.0206. The van der Waals surface area contributed by atoms with Crippen LogP contribution in [0.5, 0.6) is 0 Å². The number of likely N-dealkylation sites (tertiary alicyclic amines) is 1. The summed E-state index contributed by atoms with van der Waals surface area (Å²) in [4.78, 5) is 12.8. The number of benzene rings is 2. The highest BCUT2D eigenvalue weighted by molar-refractivity contribution is 5.70. The van der Waals surface area contributed by atoms with Gasteiger partial charge in [-0.3, -0.25) is 9.69 Å². The number of halogens is 9. The van der Waals surface area contributed by atoms with Crippen LogP contribution in [0.1, 0.15) is 46.7 Å². The third kappa shape index (κ3) is 5.83. The lowest BCUT2D eigenvalue weighted by molar-refractivity contribution is -0.144. The normalized spacial score (nSPS) is 20.4. The summed E-state index contributed by atoms with van der Waals surface area (Å²) in [7, 11) is 0. The third-order valence-electron chi connectivity index (χ3n) is 5.80. The number of nitrogens with zero attached hydrogens (tertiary/aromatic N) is 1. The summed E-state index contributed by atoms with van der Waals surface area (Å²) in [6.07, 6.45) is -14.6. The fourth-order valence-electron chi connectivity index (χ4n) is 4.06. The van der Waals surface area contributed by atoms with E-state index in [0.717, 1.165) is 24.3 Å². The monoisotopic (exact) mass is 499 g/mol. The molecule has 0 unspecified atom stereocenters. The third-order valence-corrected chi connectivity index (χ3v) is 5.80. The highest BCUT2D eigenvalue weighted by Gasteiger charge is 2.39. The molecule has 0 amide bonds. The minimum atomic E-state index is -4.94. The number of alkyl halides is 9. The molecule has 0 bridgehead atoms. The molecule has 1 saturated heterocycles. The van der Waals surface area contributed by atoms with Gasteiger partial charge in [0.05, 0.1) is 22.6 Å². The van der Waals surface area contributed by atoms with Crippen molar-refractivity contribution in [3.05, 3.63) is 70.3 Å². The van der Waals surface area contributed by atoms with Crippen LogP contribution in [0.4, 0.5) is 39.5 Å². The van der Waals surface area contributed by atoms with E-state index in [9.17, 15) is 49.4 Å². The SMILES string of the molecule is O=C(O)[C@@H]1CCN(Cc2cc(C(F)(F)F)ccc2C(F)(F)F)[C@H](c2ccc(C(F)(F)F)cc2)C1. The molecule has 1 heterocycles. The van der Waals surface area contributed by atoms with E-state index >= 15 is 0 Å². The Hall–Kier alpha value is -2.76. The van der Waals surface area contributed by atoms with Gasteiger partial charge in [0, 0.05) is 12.6 Å². The Bertz CT molecular complexity index is 1030. The second-order valence-corrected chi connectivity index (χ2v) is 8.03. The Kier molecular flexibility index (Phi) is 6.94. The first kappa shape index (κ1) is 25.9. The Morgan fingerprint density at radius 2 is 1.41 bits per heavy atom. The summed E-state index contributed by atoms with van der Waals surface area (Å²) in [6, 6.07) is 3.89. The summed E-state index contributed by atoms with van der Waals surface area (Å²) in [5.41, 5.74) is -3.95. The quantitative estimate of drug-likeness (QED) is 0.472. The van der Waals surface area contributed by atoms with E-state index in [0.29, 0.717) is 18.2 Å². The molecule has 2 atom stereocenters. The first-order chi connectivity index (χ1) is 15.6. The van der Waals surface area contributed by atoms with Crippen molar-refractivity contribution >= 4 is 5.97 Å². The Labute approximate surface area is 187 Å². The van der Waals surface area contributed by atoms with Crippen LogP contribution in [0.25, 0.3) is 0 Å². The molecule has 0 radical (unpaired) electrons. The zero-order valence-corrected chi connectivity index (χ0v) is 17.2. The molecule has 1 fully saturated rings. The smallest absolute Gasteiger partial charge is 0.416 e. The number of piperidine rings is 1. The number of carboxylic acid groups (broad SMARTS) is 1. The Balaban J connectivity index is 2.00. The van der Waals surface area contributed by atoms with Gasteiger partial charge in [-0.1, -0.05) is 12.1 Å². The van der Waals surface area contributed by atoms with E-state index in [1.165, 1.54) is 4.90 Å². The van der Waals surface area contributed by atoms with Crippen molar-refractivity contribution in [2.75, 3.05) is 6.54 Å². The van der Waals surface area contributed by atoms with E-state index in [1.54, 1.807) is 0 Å². The van der Waals surface area contributed by atoms with Crippen LogP contribution in [-0.2, 0) is 29.9 Å². The van der Waals surface area contributed by atoms with Gasteiger partial charge in [-0.25, -0.2) is 0 Å². The lowest BCUT2D eigenvalue weighted by Gasteiger charge is -2.39. The van der Waals surface area contributed by atoms with E-state index in [-0.39, 0.29) is 24.9 Å². The van der Waals surface area contributed by atoms with Crippen LogP contribution in [-0.4, -0.2) is 22.5 Å². The zero-order valence-electron chi connectivity index (χ0n) is 17.2. The largest absolute Gasteiger partial charge is 0.481 e. The number of aliphatic carboxylic acids is 1.